The van der Waals surface area contributed by atoms with Crippen LogP contribution >= 0.6 is 11.3 Å². The minimum Gasteiger partial charge on any atom is -0.484 e. The molecule has 4 rings (SSSR count). The summed E-state index contributed by atoms with van der Waals surface area (Å²) in [6, 6.07) is 14.5. The lowest BCUT2D eigenvalue weighted by molar-refractivity contribution is -0.134. The molecule has 1 aromatic carbocycles. The number of carbonyl (C=O) groups excluding carboxylic acids is 2. The molecule has 0 bridgehead atoms. The van der Waals surface area contributed by atoms with E-state index in [0.29, 0.717) is 11.4 Å². The molecule has 1 fully saturated rings. The van der Waals surface area contributed by atoms with Crippen LogP contribution in [0.15, 0.2) is 64.6 Å². The lowest BCUT2D eigenvalue weighted by Crippen LogP contribution is -2.34. The Kier molecular flexibility index (Phi) is 5.43. The first-order chi connectivity index (χ1) is 13.7. The summed E-state index contributed by atoms with van der Waals surface area (Å²) in [4.78, 5) is 27.8. The minimum atomic E-state index is -0.339. The van der Waals surface area contributed by atoms with Gasteiger partial charge in [-0.05, 0) is 48.6 Å². The van der Waals surface area contributed by atoms with Gasteiger partial charge in [0.1, 0.15) is 5.75 Å². The monoisotopic (exact) mass is 396 g/mol. The maximum absolute atomic E-state index is 12.7. The third-order valence-corrected chi connectivity index (χ3v) is 5.62. The van der Waals surface area contributed by atoms with E-state index in [1.807, 2.05) is 16.3 Å². The van der Waals surface area contributed by atoms with Crippen LogP contribution in [0.2, 0.25) is 0 Å². The maximum Gasteiger partial charge on any atom is 0.291 e. The highest BCUT2D eigenvalue weighted by atomic mass is 32.1. The zero-order valence-corrected chi connectivity index (χ0v) is 16.0. The summed E-state index contributed by atoms with van der Waals surface area (Å²) in [6.07, 6.45) is 3.44. The molecule has 1 atom stereocenters. The number of hydrogen-bond donors (Lipinski definition) is 1. The predicted molar refractivity (Wildman–Crippen MR) is 107 cm³/mol. The van der Waals surface area contributed by atoms with E-state index in [-0.39, 0.29) is 30.2 Å². The van der Waals surface area contributed by atoms with Crippen LogP contribution in [-0.2, 0) is 4.79 Å². The highest BCUT2D eigenvalue weighted by Crippen LogP contribution is 2.34. The molecule has 1 N–H and O–H groups in total. The number of carbonyl (C=O) groups is 2. The van der Waals surface area contributed by atoms with Crippen molar-refractivity contribution in [1.82, 2.24) is 4.90 Å². The van der Waals surface area contributed by atoms with Gasteiger partial charge in [-0.2, -0.15) is 0 Å². The molecular weight excluding hydrogens is 376 g/mol. The maximum atomic E-state index is 12.7. The van der Waals surface area contributed by atoms with Crippen molar-refractivity contribution in [2.24, 2.45) is 0 Å². The number of ether oxygens (including phenoxy) is 1. The number of furan rings is 1. The second-order valence-corrected chi connectivity index (χ2v) is 7.49. The van der Waals surface area contributed by atoms with E-state index in [1.54, 1.807) is 47.7 Å². The Bertz CT molecular complexity index is 937. The summed E-state index contributed by atoms with van der Waals surface area (Å²) < 4.78 is 10.8. The molecule has 3 heterocycles. The van der Waals surface area contributed by atoms with Gasteiger partial charge in [-0.3, -0.25) is 9.59 Å². The van der Waals surface area contributed by atoms with E-state index in [2.05, 4.69) is 11.4 Å². The molecule has 28 heavy (non-hydrogen) atoms. The van der Waals surface area contributed by atoms with Crippen LogP contribution in [0.25, 0.3) is 0 Å². The molecule has 2 aromatic heterocycles. The van der Waals surface area contributed by atoms with Crippen molar-refractivity contribution in [2.75, 3.05) is 18.5 Å². The summed E-state index contributed by atoms with van der Waals surface area (Å²) in [5.74, 6) is 0.391. The third kappa shape index (κ3) is 4.09. The lowest BCUT2D eigenvalue weighted by Gasteiger charge is -2.24. The Morgan fingerprint density at radius 2 is 2.14 bits per heavy atom. The van der Waals surface area contributed by atoms with Crippen LogP contribution in [-0.4, -0.2) is 29.9 Å². The Morgan fingerprint density at radius 3 is 2.93 bits per heavy atom. The Morgan fingerprint density at radius 1 is 1.21 bits per heavy atom. The molecule has 0 radical (unpaired) electrons. The molecule has 7 heteroatoms. The average Bonchev–Trinajstić information content (AvgIpc) is 3.48. The molecule has 1 unspecified atom stereocenters. The number of nitrogens with one attached hydrogen (secondary N) is 1. The van der Waals surface area contributed by atoms with E-state index < -0.39 is 0 Å². The van der Waals surface area contributed by atoms with Gasteiger partial charge in [0.25, 0.3) is 11.8 Å². The van der Waals surface area contributed by atoms with Crippen molar-refractivity contribution in [2.45, 2.75) is 18.9 Å². The number of nitrogens with zero attached hydrogens (tertiary/aromatic N) is 1. The fourth-order valence-electron chi connectivity index (χ4n) is 3.33. The van der Waals surface area contributed by atoms with Gasteiger partial charge in [-0.15, -0.1) is 11.3 Å². The summed E-state index contributed by atoms with van der Waals surface area (Å²) in [6.45, 7) is 0.724. The SMILES string of the molecule is O=C(Nc1cccc(OCC(=O)N2CCCC2c2cccs2)c1)c1ccco1. The summed E-state index contributed by atoms with van der Waals surface area (Å²) in [5.41, 5.74) is 0.573. The molecule has 2 amide bonds. The number of rotatable bonds is 6. The predicted octanol–water partition coefficient (Wildman–Crippen LogP) is 4.34. The Labute approximate surface area is 166 Å². The topological polar surface area (TPSA) is 71.8 Å². The van der Waals surface area contributed by atoms with E-state index in [9.17, 15) is 9.59 Å². The van der Waals surface area contributed by atoms with Gasteiger partial charge >= 0.3 is 0 Å². The molecule has 3 aromatic rings. The van der Waals surface area contributed by atoms with Crippen LogP contribution < -0.4 is 10.1 Å². The highest BCUT2D eigenvalue weighted by molar-refractivity contribution is 7.10. The number of likely N-dealkylation sites (tertiary alicyclic amines) is 1. The molecule has 1 aliphatic heterocycles. The first kappa shape index (κ1) is 18.3. The standard InChI is InChI=1S/C21H20N2O4S/c24-20(23-10-2-7-17(23)19-9-4-12-28-19)14-27-16-6-1-5-15(13-16)22-21(25)18-8-3-11-26-18/h1,3-6,8-9,11-13,17H,2,7,10,14H2,(H,22,25). The summed E-state index contributed by atoms with van der Waals surface area (Å²) in [7, 11) is 0. The van der Waals surface area contributed by atoms with Crippen LogP contribution in [0.3, 0.4) is 0 Å². The van der Waals surface area contributed by atoms with E-state index in [4.69, 9.17) is 9.15 Å². The largest absolute Gasteiger partial charge is 0.484 e. The van der Waals surface area contributed by atoms with Gasteiger partial charge < -0.3 is 19.4 Å². The molecule has 6 nitrogen and oxygen atoms in total. The van der Waals surface area contributed by atoms with Gasteiger partial charge in [0.05, 0.1) is 12.3 Å². The smallest absolute Gasteiger partial charge is 0.291 e. The zero-order valence-electron chi connectivity index (χ0n) is 15.2. The zero-order chi connectivity index (χ0) is 19.3. The number of amides is 2. The van der Waals surface area contributed by atoms with Crippen molar-refractivity contribution < 1.29 is 18.7 Å². The molecule has 0 aliphatic carbocycles. The van der Waals surface area contributed by atoms with E-state index >= 15 is 0 Å². The van der Waals surface area contributed by atoms with Gasteiger partial charge in [-0.25, -0.2) is 0 Å². The fraction of sp³-hybridized carbons (Fsp3) is 0.238. The van der Waals surface area contributed by atoms with Crippen LogP contribution in [0.5, 0.6) is 5.75 Å². The molecule has 144 valence electrons. The van der Waals surface area contributed by atoms with Crippen LogP contribution in [0.4, 0.5) is 5.69 Å². The summed E-state index contributed by atoms with van der Waals surface area (Å²) in [5, 5.41) is 4.78. The normalized spacial score (nSPS) is 16.1. The first-order valence-corrected chi connectivity index (χ1v) is 9.99. The quantitative estimate of drug-likeness (QED) is 0.673. The van der Waals surface area contributed by atoms with Gasteiger partial charge in [-0.1, -0.05) is 12.1 Å². The van der Waals surface area contributed by atoms with Crippen LogP contribution in [0, 0.1) is 0 Å². The molecule has 1 aliphatic rings. The van der Waals surface area contributed by atoms with Crippen molar-refractivity contribution in [3.8, 4) is 5.75 Å². The van der Waals surface area contributed by atoms with E-state index in [0.717, 1.165) is 19.4 Å². The van der Waals surface area contributed by atoms with Crippen molar-refractivity contribution in [1.29, 1.82) is 0 Å². The molecule has 0 spiro atoms. The first-order valence-electron chi connectivity index (χ1n) is 9.11. The number of benzene rings is 1. The van der Waals surface area contributed by atoms with E-state index in [1.165, 1.54) is 11.1 Å². The molecule has 0 saturated carbocycles. The number of hydrogen-bond acceptors (Lipinski definition) is 5. The molecule has 1 saturated heterocycles. The summed E-state index contributed by atoms with van der Waals surface area (Å²) >= 11 is 1.68. The second kappa shape index (κ2) is 8.31. The van der Waals surface area contributed by atoms with Crippen LogP contribution in [0.1, 0.15) is 34.3 Å². The van der Waals surface area contributed by atoms with Crippen molar-refractivity contribution >= 4 is 28.8 Å². The Hall–Kier alpha value is -3.06. The number of anilines is 1. The molecular formula is C21H20N2O4S. The highest BCUT2D eigenvalue weighted by Gasteiger charge is 2.30. The average molecular weight is 396 g/mol. The second-order valence-electron chi connectivity index (χ2n) is 6.51. The third-order valence-electron chi connectivity index (χ3n) is 4.64. The van der Waals surface area contributed by atoms with Gasteiger partial charge in [0, 0.05) is 23.2 Å². The number of thiophene rings is 1. The van der Waals surface area contributed by atoms with Crippen molar-refractivity contribution in [3.63, 3.8) is 0 Å². The minimum absolute atomic E-state index is 0.0269. The lowest BCUT2D eigenvalue weighted by atomic mass is 10.2. The fourth-order valence-corrected chi connectivity index (χ4v) is 4.21. The van der Waals surface area contributed by atoms with Crippen molar-refractivity contribution in [3.05, 3.63) is 70.8 Å². The Balaban J connectivity index is 1.36. The van der Waals surface area contributed by atoms with Gasteiger partial charge in [0.15, 0.2) is 12.4 Å². The van der Waals surface area contributed by atoms with Gasteiger partial charge in [0.2, 0.25) is 0 Å².